The fourth-order valence-corrected chi connectivity index (χ4v) is 3.47. The maximum atomic E-state index is 12.4. The zero-order chi connectivity index (χ0) is 24.6. The highest BCUT2D eigenvalue weighted by Gasteiger charge is 2.09. The van der Waals surface area contributed by atoms with Crippen LogP contribution in [0.1, 0.15) is 6.92 Å². The highest BCUT2D eigenvalue weighted by molar-refractivity contribution is 5.75. The van der Waals surface area contributed by atoms with Gasteiger partial charge in [-0.2, -0.15) is 10.2 Å². The summed E-state index contributed by atoms with van der Waals surface area (Å²) in [5, 5.41) is 11.4. The van der Waals surface area contributed by atoms with Crippen LogP contribution in [0.5, 0.6) is 5.75 Å². The molecule has 0 fully saturated rings. The van der Waals surface area contributed by atoms with Crippen molar-refractivity contribution in [3.63, 3.8) is 0 Å². The van der Waals surface area contributed by atoms with Crippen LogP contribution in [-0.4, -0.2) is 38.6 Å². The van der Waals surface area contributed by atoms with E-state index in [0.29, 0.717) is 18.0 Å². The number of benzene rings is 2. The van der Waals surface area contributed by atoms with Gasteiger partial charge in [-0.25, -0.2) is 9.36 Å². The van der Waals surface area contributed by atoms with Gasteiger partial charge >= 0.3 is 0 Å². The average Bonchev–Trinajstić information content (AvgIpc) is 2.88. The summed E-state index contributed by atoms with van der Waals surface area (Å²) in [7, 11) is 0. The summed E-state index contributed by atoms with van der Waals surface area (Å²) in [5.74, 6) is 0.371. The zero-order valence-corrected chi connectivity index (χ0v) is 19.3. The number of hydrogen-bond donors (Lipinski definition) is 1. The molecule has 4 aromatic rings. The Hall–Kier alpha value is -4.53. The highest BCUT2D eigenvalue weighted by Crippen LogP contribution is 2.19. The summed E-state index contributed by atoms with van der Waals surface area (Å²) in [4.78, 5) is 36.8. The summed E-state index contributed by atoms with van der Waals surface area (Å²) in [5.41, 5.74) is 2.27. The molecule has 0 aliphatic rings. The smallest absolute Gasteiger partial charge is 0.267 e. The lowest BCUT2D eigenvalue weighted by atomic mass is 10.1. The first-order valence-corrected chi connectivity index (χ1v) is 11.2. The Balaban J connectivity index is 1.38. The van der Waals surface area contributed by atoms with Crippen LogP contribution in [0.4, 0.5) is 0 Å². The molecule has 0 saturated heterocycles. The van der Waals surface area contributed by atoms with Gasteiger partial charge in [0.05, 0.1) is 24.5 Å². The van der Waals surface area contributed by atoms with E-state index in [1.807, 2.05) is 61.5 Å². The van der Waals surface area contributed by atoms with E-state index in [0.717, 1.165) is 21.6 Å². The monoisotopic (exact) mass is 471 g/mol. The summed E-state index contributed by atoms with van der Waals surface area (Å²) < 4.78 is 7.87. The minimum absolute atomic E-state index is 0.172. The molecule has 2 aromatic heterocycles. The van der Waals surface area contributed by atoms with Gasteiger partial charge in [0.25, 0.3) is 11.1 Å². The van der Waals surface area contributed by atoms with Gasteiger partial charge < -0.3 is 10.1 Å². The first-order valence-electron chi connectivity index (χ1n) is 11.2. The summed E-state index contributed by atoms with van der Waals surface area (Å²) in [6.07, 6.45) is 0. The fourth-order valence-electron chi connectivity index (χ4n) is 3.47. The Morgan fingerprint density at radius 3 is 2.06 bits per heavy atom. The third kappa shape index (κ3) is 6.08. The average molecular weight is 472 g/mol. The van der Waals surface area contributed by atoms with Crippen molar-refractivity contribution in [2.75, 3.05) is 13.2 Å². The van der Waals surface area contributed by atoms with Gasteiger partial charge in [-0.3, -0.25) is 14.4 Å². The van der Waals surface area contributed by atoms with Crippen molar-refractivity contribution in [3.05, 3.63) is 99.6 Å². The Morgan fingerprint density at radius 2 is 1.40 bits per heavy atom. The summed E-state index contributed by atoms with van der Waals surface area (Å²) >= 11 is 0. The number of ether oxygens (including phenoxy) is 1. The molecule has 0 aliphatic heterocycles. The molecule has 9 nitrogen and oxygen atoms in total. The van der Waals surface area contributed by atoms with Gasteiger partial charge in [0.15, 0.2) is 0 Å². The van der Waals surface area contributed by atoms with E-state index in [1.165, 1.54) is 16.8 Å². The van der Waals surface area contributed by atoms with E-state index >= 15 is 0 Å². The van der Waals surface area contributed by atoms with Gasteiger partial charge in [-0.15, -0.1) is 0 Å². The third-order valence-electron chi connectivity index (χ3n) is 5.20. The number of amides is 1. The third-order valence-corrected chi connectivity index (χ3v) is 5.20. The molecule has 0 aliphatic carbocycles. The van der Waals surface area contributed by atoms with Gasteiger partial charge in [0, 0.05) is 29.8 Å². The molecule has 0 spiro atoms. The van der Waals surface area contributed by atoms with E-state index in [4.69, 9.17) is 4.74 Å². The van der Waals surface area contributed by atoms with E-state index in [2.05, 4.69) is 15.5 Å². The molecule has 2 heterocycles. The van der Waals surface area contributed by atoms with Crippen LogP contribution < -0.4 is 21.2 Å². The molecule has 0 unspecified atom stereocenters. The quantitative estimate of drug-likeness (QED) is 0.402. The lowest BCUT2D eigenvalue weighted by molar-refractivity contribution is -0.121. The van der Waals surface area contributed by atoms with Gasteiger partial charge in [0.1, 0.15) is 12.3 Å². The van der Waals surface area contributed by atoms with Crippen LogP contribution in [0.15, 0.2) is 88.5 Å². The molecule has 0 bridgehead atoms. The lowest BCUT2D eigenvalue weighted by Gasteiger charge is -2.10. The molecule has 9 heteroatoms. The minimum Gasteiger partial charge on any atom is -0.494 e. The molecule has 1 N–H and O–H groups in total. The largest absolute Gasteiger partial charge is 0.494 e. The molecule has 35 heavy (non-hydrogen) atoms. The van der Waals surface area contributed by atoms with E-state index < -0.39 is 0 Å². The van der Waals surface area contributed by atoms with Crippen molar-refractivity contribution in [1.29, 1.82) is 0 Å². The van der Waals surface area contributed by atoms with Crippen LogP contribution in [0.25, 0.3) is 22.5 Å². The molecule has 0 radical (unpaired) electrons. The van der Waals surface area contributed by atoms with Crippen molar-refractivity contribution in [2.24, 2.45) is 0 Å². The molecule has 0 saturated carbocycles. The number of aromatic nitrogens is 4. The maximum absolute atomic E-state index is 12.4. The van der Waals surface area contributed by atoms with Crippen molar-refractivity contribution >= 4 is 5.91 Å². The van der Waals surface area contributed by atoms with Crippen molar-refractivity contribution < 1.29 is 9.53 Å². The van der Waals surface area contributed by atoms with Crippen molar-refractivity contribution in [2.45, 2.75) is 20.0 Å². The molecular weight excluding hydrogens is 446 g/mol. The van der Waals surface area contributed by atoms with Crippen LogP contribution in [0.2, 0.25) is 0 Å². The number of carbonyl (C=O) groups excluding carboxylic acids is 1. The first kappa shape index (κ1) is 23.6. The minimum atomic E-state index is -0.388. The van der Waals surface area contributed by atoms with Crippen LogP contribution in [0, 0.1) is 0 Å². The summed E-state index contributed by atoms with van der Waals surface area (Å²) in [6.45, 7) is 2.62. The molecular formula is C26H25N5O4. The number of nitrogens with zero attached hydrogens (tertiary/aromatic N) is 4. The number of hydrogen-bond acceptors (Lipinski definition) is 6. The number of nitrogens with one attached hydrogen (secondary N) is 1. The molecule has 0 atom stereocenters. The van der Waals surface area contributed by atoms with E-state index in [1.54, 1.807) is 12.1 Å². The van der Waals surface area contributed by atoms with Crippen molar-refractivity contribution in [3.8, 4) is 28.3 Å². The highest BCUT2D eigenvalue weighted by atomic mass is 16.5. The van der Waals surface area contributed by atoms with Gasteiger partial charge in [-0.05, 0) is 43.3 Å². The van der Waals surface area contributed by atoms with Crippen LogP contribution >= 0.6 is 0 Å². The fraction of sp³-hybridized carbons (Fsp3) is 0.192. The molecule has 2 aromatic carbocycles. The van der Waals surface area contributed by atoms with Crippen LogP contribution in [0.3, 0.4) is 0 Å². The predicted molar refractivity (Wildman–Crippen MR) is 132 cm³/mol. The normalized spacial score (nSPS) is 10.7. The molecule has 1 amide bonds. The molecule has 178 valence electrons. The second kappa shape index (κ2) is 11.1. The van der Waals surface area contributed by atoms with E-state index in [-0.39, 0.29) is 36.7 Å². The van der Waals surface area contributed by atoms with Crippen molar-refractivity contribution in [1.82, 2.24) is 24.9 Å². The Bertz CT molecular complexity index is 1410. The standard InChI is InChI=1S/C26H25N5O4/c1-2-35-21-10-8-20(9-11-21)23-12-14-25(33)30(28-23)17-16-27-24(32)18-31-26(34)15-13-22(29-31)19-6-4-3-5-7-19/h3-15H,2,16-18H2,1H3,(H,27,32). The second-order valence-electron chi connectivity index (χ2n) is 7.67. The number of carbonyl (C=O) groups is 1. The number of rotatable bonds is 9. The predicted octanol–water partition coefficient (Wildman–Crippen LogP) is 2.35. The Kier molecular flexibility index (Phi) is 7.47. The zero-order valence-electron chi connectivity index (χ0n) is 19.3. The Labute approximate surface area is 201 Å². The SMILES string of the molecule is CCOc1ccc(-c2ccc(=O)n(CCNC(=O)Cn3nc(-c4ccccc4)ccc3=O)n2)cc1. The first-order chi connectivity index (χ1) is 17.0. The lowest BCUT2D eigenvalue weighted by Crippen LogP contribution is -2.36. The van der Waals surface area contributed by atoms with Gasteiger partial charge in [0.2, 0.25) is 5.91 Å². The van der Waals surface area contributed by atoms with E-state index in [9.17, 15) is 14.4 Å². The topological polar surface area (TPSA) is 108 Å². The second-order valence-corrected chi connectivity index (χ2v) is 7.67. The van der Waals surface area contributed by atoms with Gasteiger partial charge in [-0.1, -0.05) is 30.3 Å². The van der Waals surface area contributed by atoms with Crippen LogP contribution in [-0.2, 0) is 17.9 Å². The maximum Gasteiger partial charge on any atom is 0.267 e. The summed E-state index contributed by atoms with van der Waals surface area (Å²) in [6, 6.07) is 23.0. The Morgan fingerprint density at radius 1 is 0.800 bits per heavy atom. The molecule has 4 rings (SSSR count).